The summed E-state index contributed by atoms with van der Waals surface area (Å²) < 4.78 is 212. The Morgan fingerprint density at radius 1 is 0.408 bits per heavy atom. The summed E-state index contributed by atoms with van der Waals surface area (Å²) in [6, 6.07) is 12.5. The van der Waals surface area contributed by atoms with Gasteiger partial charge >= 0.3 is 19.1 Å². The molecule has 0 aliphatic carbocycles. The summed E-state index contributed by atoms with van der Waals surface area (Å²) >= 11 is 0. The van der Waals surface area contributed by atoms with Gasteiger partial charge in [-0.1, -0.05) is 24.3 Å². The van der Waals surface area contributed by atoms with Crippen molar-refractivity contribution in [2.45, 2.75) is 71.2 Å². The van der Waals surface area contributed by atoms with Gasteiger partial charge in [0.15, 0.2) is 0 Å². The molecule has 6 heterocycles. The molecular formula is C48H36F15N9O4. The zero-order chi connectivity index (χ0) is 55.8. The van der Waals surface area contributed by atoms with E-state index in [0.29, 0.717) is 44.5 Å². The molecule has 0 saturated heterocycles. The monoisotopic (exact) mass is 1090 g/mol. The third kappa shape index (κ3) is 13.8. The normalized spacial score (nSPS) is 12.6. The first-order valence-electron chi connectivity index (χ1n) is 21.5. The van der Waals surface area contributed by atoms with Crippen LogP contribution in [-0.2, 0) is 29.1 Å². The Hall–Kier alpha value is -8.17. The van der Waals surface area contributed by atoms with Gasteiger partial charge in [-0.3, -0.25) is 13.2 Å². The van der Waals surface area contributed by atoms with E-state index in [-0.39, 0.29) is 52.5 Å². The van der Waals surface area contributed by atoms with Gasteiger partial charge in [0.05, 0.1) is 25.2 Å². The van der Waals surface area contributed by atoms with Crippen molar-refractivity contribution in [2.24, 2.45) is 0 Å². The number of hydrogen-bond donors (Lipinski definition) is 0. The molecule has 0 radical (unpaired) electrons. The maximum atomic E-state index is 13.7. The lowest BCUT2D eigenvalue weighted by Gasteiger charge is -2.14. The summed E-state index contributed by atoms with van der Waals surface area (Å²) in [5.74, 6) is -10.2. The van der Waals surface area contributed by atoms with Gasteiger partial charge in [-0.2, -0.15) is 26.3 Å². The number of fused-ring (bicyclic) bond motifs is 3. The molecule has 0 atom stereocenters. The Labute approximate surface area is 418 Å². The Morgan fingerprint density at radius 3 is 1.14 bits per heavy atom. The number of methoxy groups -OCH3 is 1. The Morgan fingerprint density at radius 2 is 0.750 bits per heavy atom. The molecule has 3 aromatic carbocycles. The van der Waals surface area contributed by atoms with E-state index in [1.165, 1.54) is 80.7 Å². The van der Waals surface area contributed by atoms with Crippen LogP contribution in [0.1, 0.15) is 49.0 Å². The molecular weight excluding hydrogens is 1050 g/mol. The Balaban J connectivity index is 0.000000166. The van der Waals surface area contributed by atoms with Crippen LogP contribution in [0.25, 0.3) is 50.7 Å². The summed E-state index contributed by atoms with van der Waals surface area (Å²) in [6.45, 7) is 3.81. The van der Waals surface area contributed by atoms with Crippen molar-refractivity contribution in [1.29, 1.82) is 0 Å². The molecule has 13 nitrogen and oxygen atoms in total. The fourth-order valence-corrected chi connectivity index (χ4v) is 7.35. The van der Waals surface area contributed by atoms with Gasteiger partial charge in [0.25, 0.3) is 17.8 Å². The predicted molar refractivity (Wildman–Crippen MR) is 239 cm³/mol. The maximum absolute atomic E-state index is 13.7. The molecule has 0 fully saturated rings. The highest BCUT2D eigenvalue weighted by atomic mass is 19.4. The van der Waals surface area contributed by atoms with Crippen molar-refractivity contribution >= 4 is 17.3 Å². The molecule has 0 unspecified atom stereocenters. The SMILES string of the molecule is CC(F)(F)c1cnc2ncc(-c3ccc(OC(F)(F)F)cc3)cn12.COCc1cc(OC(F)(F)F)ccc1-c1cnc2ncc(C(C)(F)F)n2c1.Cc1cc(OC(F)(F)F)ccc1-c1cnc2ncc(C(C)(F)F)n2c1. The zero-order valence-electron chi connectivity index (χ0n) is 39.5. The quantitative estimate of drug-likeness (QED) is 0.116. The summed E-state index contributed by atoms with van der Waals surface area (Å²) in [5.41, 5.74) is 2.69. The molecule has 0 amide bonds. The fraction of sp³-hybridized carbons (Fsp3) is 0.250. The lowest BCUT2D eigenvalue weighted by Crippen LogP contribution is -2.17. The highest BCUT2D eigenvalue weighted by Crippen LogP contribution is 2.36. The molecule has 0 aliphatic rings. The predicted octanol–water partition coefficient (Wildman–Crippen LogP) is 13.7. The highest BCUT2D eigenvalue weighted by Gasteiger charge is 2.35. The van der Waals surface area contributed by atoms with E-state index >= 15 is 0 Å². The van der Waals surface area contributed by atoms with Gasteiger partial charge in [-0.15, -0.1) is 39.5 Å². The first-order valence-corrected chi connectivity index (χ1v) is 21.5. The van der Waals surface area contributed by atoms with Crippen LogP contribution in [0.15, 0.2) is 116 Å². The van der Waals surface area contributed by atoms with Crippen LogP contribution in [0.4, 0.5) is 65.9 Å². The van der Waals surface area contributed by atoms with Crippen molar-refractivity contribution in [3.05, 3.63) is 145 Å². The average molecular weight is 1090 g/mol. The van der Waals surface area contributed by atoms with Crippen molar-refractivity contribution in [1.82, 2.24) is 43.1 Å². The second-order valence-corrected chi connectivity index (χ2v) is 16.5. The molecule has 9 aromatic rings. The Bertz CT molecular complexity index is 3480. The topological polar surface area (TPSA) is 127 Å². The number of alkyl halides is 15. The molecule has 6 aromatic heterocycles. The number of rotatable bonds is 11. The number of imidazole rings is 3. The average Bonchev–Trinajstić information content (AvgIpc) is 4.05. The van der Waals surface area contributed by atoms with Crippen molar-refractivity contribution in [3.63, 3.8) is 0 Å². The minimum absolute atomic E-state index is 0.0108. The number of hydrogen-bond acceptors (Lipinski definition) is 10. The summed E-state index contributed by atoms with van der Waals surface area (Å²) in [4.78, 5) is 23.5. The number of aryl methyl sites for hydroxylation is 1. The van der Waals surface area contributed by atoms with Crippen LogP contribution in [0, 0.1) is 6.92 Å². The van der Waals surface area contributed by atoms with Gasteiger partial charge in [0, 0.05) is 81.8 Å². The van der Waals surface area contributed by atoms with E-state index < -0.39 is 42.6 Å². The molecule has 9 rings (SSSR count). The van der Waals surface area contributed by atoms with Gasteiger partial charge in [0.2, 0.25) is 17.3 Å². The lowest BCUT2D eigenvalue weighted by molar-refractivity contribution is -0.275. The molecule has 0 bridgehead atoms. The second kappa shape index (κ2) is 20.9. The molecule has 0 N–H and O–H groups in total. The minimum atomic E-state index is -4.83. The summed E-state index contributed by atoms with van der Waals surface area (Å²) in [6.07, 6.45) is -2.83. The Kier molecular flexibility index (Phi) is 15.3. The molecule has 0 aliphatic heterocycles. The van der Waals surface area contributed by atoms with Gasteiger partial charge in [-0.05, 0) is 71.1 Å². The summed E-state index contributed by atoms with van der Waals surface area (Å²) in [5, 5.41) is 0. The van der Waals surface area contributed by atoms with Crippen LogP contribution < -0.4 is 14.2 Å². The number of ether oxygens (including phenoxy) is 4. The molecule has 28 heteroatoms. The van der Waals surface area contributed by atoms with Crippen LogP contribution in [0.3, 0.4) is 0 Å². The largest absolute Gasteiger partial charge is 0.573 e. The standard InChI is InChI=1S/C17H14F5N3O2.C16H12F5N3O.C15H10F5N3O/c1-16(18,19)14-7-24-15-23-6-11(8-25(14)15)13-4-3-12(27-17(20,21)22)5-10(13)9-26-2;1-9-5-11(25-16(19,20)21)3-4-12(9)10-6-22-14-23-7-13(15(2,17)18)24(14)8-10;1-14(16,17)12-7-22-13-21-6-10(8-23(12)13)9-2-4-11(5-3-9)24-15(18,19)20/h3-8H,9H2,1-2H3;3-8H,1-2H3;2-8H,1H3. The second-order valence-electron chi connectivity index (χ2n) is 16.5. The smallest absolute Gasteiger partial charge is 0.406 e. The van der Waals surface area contributed by atoms with Crippen LogP contribution in [-0.4, -0.2) is 69.3 Å². The first kappa shape index (κ1) is 55.6. The lowest BCUT2D eigenvalue weighted by atomic mass is 10.0. The van der Waals surface area contributed by atoms with E-state index in [2.05, 4.69) is 44.1 Å². The van der Waals surface area contributed by atoms with Gasteiger partial charge in [0.1, 0.15) is 34.3 Å². The zero-order valence-corrected chi connectivity index (χ0v) is 39.5. The number of halogens is 15. The van der Waals surface area contributed by atoms with E-state index in [4.69, 9.17) is 4.74 Å². The molecule has 402 valence electrons. The maximum Gasteiger partial charge on any atom is 0.573 e. The van der Waals surface area contributed by atoms with Crippen LogP contribution >= 0.6 is 0 Å². The van der Waals surface area contributed by atoms with Crippen molar-refractivity contribution in [3.8, 4) is 50.6 Å². The van der Waals surface area contributed by atoms with Crippen LogP contribution in [0.2, 0.25) is 0 Å². The third-order valence-electron chi connectivity index (χ3n) is 10.5. The van der Waals surface area contributed by atoms with E-state index in [1.54, 1.807) is 6.92 Å². The highest BCUT2D eigenvalue weighted by molar-refractivity contribution is 5.69. The molecule has 0 saturated carbocycles. The van der Waals surface area contributed by atoms with Crippen molar-refractivity contribution in [2.75, 3.05) is 7.11 Å². The van der Waals surface area contributed by atoms with Gasteiger partial charge in [-0.25, -0.2) is 29.9 Å². The third-order valence-corrected chi connectivity index (χ3v) is 10.5. The number of nitrogens with zero attached hydrogens (tertiary/aromatic N) is 9. The number of benzene rings is 3. The molecule has 76 heavy (non-hydrogen) atoms. The minimum Gasteiger partial charge on any atom is -0.406 e. The van der Waals surface area contributed by atoms with E-state index in [9.17, 15) is 65.9 Å². The van der Waals surface area contributed by atoms with E-state index in [0.717, 1.165) is 76.8 Å². The molecule has 0 spiro atoms. The first-order chi connectivity index (χ1) is 35.3. The number of aromatic nitrogens is 9. The van der Waals surface area contributed by atoms with E-state index in [1.807, 2.05) is 0 Å². The summed E-state index contributed by atoms with van der Waals surface area (Å²) in [7, 11) is 1.38. The van der Waals surface area contributed by atoms with Crippen molar-refractivity contribution < 1.29 is 84.8 Å². The van der Waals surface area contributed by atoms with Gasteiger partial charge < -0.3 is 18.9 Å². The van der Waals surface area contributed by atoms with Crippen LogP contribution in [0.5, 0.6) is 17.2 Å². The fourth-order valence-electron chi connectivity index (χ4n) is 7.35.